The summed E-state index contributed by atoms with van der Waals surface area (Å²) in [5.41, 5.74) is 1.35. The number of furan rings is 1. The number of thioether (sulfide) groups is 1. The minimum Gasteiger partial charge on any atom is -0.469 e. The first-order valence-electron chi connectivity index (χ1n) is 6.23. The Kier molecular flexibility index (Phi) is 4.90. The lowest BCUT2D eigenvalue weighted by Gasteiger charge is -2.19. The van der Waals surface area contributed by atoms with E-state index in [0.29, 0.717) is 6.04 Å². The first kappa shape index (κ1) is 13.2. The molecule has 1 atom stereocenters. The zero-order chi connectivity index (χ0) is 12.8. The van der Waals surface area contributed by atoms with Crippen LogP contribution in [-0.4, -0.2) is 12.8 Å². The third kappa shape index (κ3) is 3.18. The average Bonchev–Trinajstić information content (AvgIpc) is 2.91. The van der Waals surface area contributed by atoms with E-state index >= 15 is 0 Å². The van der Waals surface area contributed by atoms with Gasteiger partial charge in [-0.25, -0.2) is 0 Å². The van der Waals surface area contributed by atoms with Gasteiger partial charge in [-0.05, 0) is 36.6 Å². The maximum atomic E-state index is 5.46. The van der Waals surface area contributed by atoms with Crippen LogP contribution in [0.2, 0.25) is 0 Å². The summed E-state index contributed by atoms with van der Waals surface area (Å²) in [4.78, 5) is 1.33. The van der Waals surface area contributed by atoms with Gasteiger partial charge in [-0.15, -0.1) is 11.8 Å². The molecule has 0 saturated carbocycles. The van der Waals surface area contributed by atoms with Crippen LogP contribution in [0.25, 0.3) is 0 Å². The SMILES string of the molecule is CCNC(Cc1ccco1)c1ccccc1SC. The molecule has 2 aromatic rings. The average molecular weight is 261 g/mol. The van der Waals surface area contributed by atoms with E-state index in [9.17, 15) is 0 Å². The van der Waals surface area contributed by atoms with E-state index in [1.54, 1.807) is 18.0 Å². The summed E-state index contributed by atoms with van der Waals surface area (Å²) in [6.45, 7) is 3.09. The molecular formula is C15H19NOS. The molecule has 0 saturated heterocycles. The van der Waals surface area contributed by atoms with Crippen LogP contribution in [0, 0.1) is 0 Å². The molecule has 1 N–H and O–H groups in total. The highest BCUT2D eigenvalue weighted by molar-refractivity contribution is 7.98. The highest BCUT2D eigenvalue weighted by Gasteiger charge is 2.15. The number of hydrogen-bond acceptors (Lipinski definition) is 3. The van der Waals surface area contributed by atoms with Gasteiger partial charge in [0.15, 0.2) is 0 Å². The second kappa shape index (κ2) is 6.66. The number of nitrogens with one attached hydrogen (secondary N) is 1. The Labute approximate surface area is 113 Å². The molecule has 0 aliphatic carbocycles. The number of rotatable bonds is 6. The van der Waals surface area contributed by atoms with Gasteiger partial charge in [0.25, 0.3) is 0 Å². The maximum absolute atomic E-state index is 5.46. The van der Waals surface area contributed by atoms with Crippen LogP contribution in [0.5, 0.6) is 0 Å². The van der Waals surface area contributed by atoms with Crippen LogP contribution in [0.3, 0.4) is 0 Å². The van der Waals surface area contributed by atoms with Crippen molar-refractivity contribution < 1.29 is 4.42 Å². The molecule has 1 unspecified atom stereocenters. The van der Waals surface area contributed by atoms with E-state index in [0.717, 1.165) is 18.7 Å². The van der Waals surface area contributed by atoms with E-state index in [1.807, 2.05) is 12.1 Å². The number of benzene rings is 1. The molecule has 2 nitrogen and oxygen atoms in total. The van der Waals surface area contributed by atoms with Crippen molar-refractivity contribution in [3.63, 3.8) is 0 Å². The Bertz CT molecular complexity index is 467. The smallest absolute Gasteiger partial charge is 0.105 e. The van der Waals surface area contributed by atoms with E-state index in [2.05, 4.69) is 42.8 Å². The summed E-state index contributed by atoms with van der Waals surface area (Å²) in [6, 6.07) is 12.8. The fraction of sp³-hybridized carbons (Fsp3) is 0.333. The summed E-state index contributed by atoms with van der Waals surface area (Å²) >= 11 is 1.79. The lowest BCUT2D eigenvalue weighted by atomic mass is 10.0. The molecule has 2 rings (SSSR count). The van der Waals surface area contributed by atoms with E-state index in [4.69, 9.17) is 4.42 Å². The standard InChI is InChI=1S/C15H19NOS/c1-3-16-14(11-12-7-6-10-17-12)13-8-4-5-9-15(13)18-2/h4-10,14,16H,3,11H2,1-2H3. The molecule has 0 aliphatic rings. The van der Waals surface area contributed by atoms with Crippen LogP contribution < -0.4 is 5.32 Å². The molecule has 0 radical (unpaired) electrons. The zero-order valence-electron chi connectivity index (χ0n) is 10.8. The maximum Gasteiger partial charge on any atom is 0.105 e. The summed E-state index contributed by atoms with van der Waals surface area (Å²) in [7, 11) is 0. The normalized spacial score (nSPS) is 12.6. The molecule has 1 aromatic carbocycles. The van der Waals surface area contributed by atoms with Gasteiger partial charge in [-0.3, -0.25) is 0 Å². The Hall–Kier alpha value is -1.19. The van der Waals surface area contributed by atoms with E-state index < -0.39 is 0 Å². The van der Waals surface area contributed by atoms with E-state index in [1.165, 1.54) is 10.5 Å². The van der Waals surface area contributed by atoms with Gasteiger partial charge >= 0.3 is 0 Å². The minimum atomic E-state index is 0.310. The predicted molar refractivity (Wildman–Crippen MR) is 77.1 cm³/mol. The van der Waals surface area contributed by atoms with Gasteiger partial charge < -0.3 is 9.73 Å². The fourth-order valence-electron chi connectivity index (χ4n) is 2.12. The van der Waals surface area contributed by atoms with Gasteiger partial charge in [0.2, 0.25) is 0 Å². The molecule has 0 bridgehead atoms. The number of likely N-dealkylation sites (N-methyl/N-ethyl adjacent to an activating group) is 1. The lowest BCUT2D eigenvalue weighted by molar-refractivity contribution is 0.452. The third-order valence-electron chi connectivity index (χ3n) is 2.95. The first-order chi connectivity index (χ1) is 8.85. The first-order valence-corrected chi connectivity index (χ1v) is 7.46. The summed E-state index contributed by atoms with van der Waals surface area (Å²) in [5, 5.41) is 3.54. The van der Waals surface area contributed by atoms with Crippen molar-refractivity contribution in [2.45, 2.75) is 24.3 Å². The second-order valence-electron chi connectivity index (χ2n) is 4.14. The second-order valence-corrected chi connectivity index (χ2v) is 4.98. The molecule has 18 heavy (non-hydrogen) atoms. The Morgan fingerprint density at radius 1 is 1.22 bits per heavy atom. The van der Waals surface area contributed by atoms with Gasteiger partial charge in [-0.1, -0.05) is 25.1 Å². The quantitative estimate of drug-likeness (QED) is 0.798. The van der Waals surface area contributed by atoms with Crippen molar-refractivity contribution in [3.05, 3.63) is 54.0 Å². The Balaban J connectivity index is 2.23. The highest BCUT2D eigenvalue weighted by atomic mass is 32.2. The number of hydrogen-bond donors (Lipinski definition) is 1. The molecule has 0 spiro atoms. The van der Waals surface area contributed by atoms with Gasteiger partial charge in [-0.2, -0.15) is 0 Å². The lowest BCUT2D eigenvalue weighted by Crippen LogP contribution is -2.23. The van der Waals surface area contributed by atoms with Gasteiger partial charge in [0.05, 0.1) is 6.26 Å². The van der Waals surface area contributed by atoms with Crippen molar-refractivity contribution in [1.82, 2.24) is 5.32 Å². The molecule has 1 aromatic heterocycles. The summed E-state index contributed by atoms with van der Waals surface area (Å²) < 4.78 is 5.46. The van der Waals surface area contributed by atoms with Crippen LogP contribution in [-0.2, 0) is 6.42 Å². The molecule has 0 fully saturated rings. The van der Waals surface area contributed by atoms with Crippen molar-refractivity contribution in [2.75, 3.05) is 12.8 Å². The molecule has 3 heteroatoms. The highest BCUT2D eigenvalue weighted by Crippen LogP contribution is 2.28. The topological polar surface area (TPSA) is 25.2 Å². The van der Waals surface area contributed by atoms with Gasteiger partial charge in [0, 0.05) is 17.4 Å². The van der Waals surface area contributed by atoms with Crippen molar-refractivity contribution in [2.24, 2.45) is 0 Å². The summed E-state index contributed by atoms with van der Waals surface area (Å²) in [6.07, 6.45) is 4.74. The minimum absolute atomic E-state index is 0.310. The Morgan fingerprint density at radius 2 is 2.06 bits per heavy atom. The molecule has 0 amide bonds. The van der Waals surface area contributed by atoms with Crippen LogP contribution >= 0.6 is 11.8 Å². The largest absolute Gasteiger partial charge is 0.469 e. The van der Waals surface area contributed by atoms with Crippen LogP contribution in [0.4, 0.5) is 0 Å². The molecule has 1 heterocycles. The molecular weight excluding hydrogens is 242 g/mol. The zero-order valence-corrected chi connectivity index (χ0v) is 11.7. The summed E-state index contributed by atoms with van der Waals surface area (Å²) in [5.74, 6) is 1.02. The van der Waals surface area contributed by atoms with Crippen molar-refractivity contribution in [1.29, 1.82) is 0 Å². The van der Waals surface area contributed by atoms with Crippen LogP contribution in [0.1, 0.15) is 24.3 Å². The van der Waals surface area contributed by atoms with Crippen LogP contribution in [0.15, 0.2) is 52.0 Å². The Morgan fingerprint density at radius 3 is 2.72 bits per heavy atom. The van der Waals surface area contributed by atoms with Crippen molar-refractivity contribution in [3.8, 4) is 0 Å². The molecule has 96 valence electrons. The monoisotopic (exact) mass is 261 g/mol. The predicted octanol–water partition coefficient (Wildman–Crippen LogP) is 3.89. The van der Waals surface area contributed by atoms with E-state index in [-0.39, 0.29) is 0 Å². The fourth-order valence-corrected chi connectivity index (χ4v) is 2.78. The third-order valence-corrected chi connectivity index (χ3v) is 3.76. The van der Waals surface area contributed by atoms with Gasteiger partial charge in [0.1, 0.15) is 5.76 Å². The van der Waals surface area contributed by atoms with Crippen molar-refractivity contribution >= 4 is 11.8 Å². The molecule has 0 aliphatic heterocycles.